The molecule has 4 rings (SSSR count). The monoisotopic (exact) mass is 283 g/mol. The molecule has 2 heterocycles. The lowest BCUT2D eigenvalue weighted by atomic mass is 10.0. The van der Waals surface area contributed by atoms with E-state index in [1.807, 2.05) is 18.3 Å². The minimum Gasteiger partial charge on any atom is -0.361 e. The standard InChI is InChI=1S/C16H10ClNS/c17-11-4-3-10-8-14(15-2-1-7-19-15)16-12(5-6-18-16)13(10)9-11/h1-9,18H. The summed E-state index contributed by atoms with van der Waals surface area (Å²) in [4.78, 5) is 4.63. The second-order valence-electron chi connectivity index (χ2n) is 4.53. The number of fused-ring (bicyclic) bond motifs is 3. The van der Waals surface area contributed by atoms with E-state index in [1.54, 1.807) is 11.3 Å². The molecule has 0 bridgehead atoms. The van der Waals surface area contributed by atoms with Crippen molar-refractivity contribution in [2.24, 2.45) is 0 Å². The summed E-state index contributed by atoms with van der Waals surface area (Å²) in [5.74, 6) is 0. The Labute approximate surface area is 119 Å². The molecule has 4 aromatic rings. The Morgan fingerprint density at radius 2 is 1.95 bits per heavy atom. The lowest BCUT2D eigenvalue weighted by molar-refractivity contribution is 1.48. The van der Waals surface area contributed by atoms with Crippen molar-refractivity contribution < 1.29 is 0 Å². The quantitative estimate of drug-likeness (QED) is 0.461. The largest absolute Gasteiger partial charge is 0.361 e. The van der Waals surface area contributed by atoms with E-state index >= 15 is 0 Å². The molecule has 0 unspecified atom stereocenters. The summed E-state index contributed by atoms with van der Waals surface area (Å²) in [7, 11) is 0. The third-order valence-corrected chi connectivity index (χ3v) is 4.55. The molecule has 3 heteroatoms. The topological polar surface area (TPSA) is 15.8 Å². The summed E-state index contributed by atoms with van der Waals surface area (Å²) >= 11 is 7.88. The van der Waals surface area contributed by atoms with Crippen LogP contribution in [0.1, 0.15) is 0 Å². The van der Waals surface area contributed by atoms with Crippen molar-refractivity contribution in [2.45, 2.75) is 0 Å². The fourth-order valence-electron chi connectivity index (χ4n) is 2.56. The lowest BCUT2D eigenvalue weighted by Gasteiger charge is -2.06. The zero-order valence-corrected chi connectivity index (χ0v) is 11.6. The van der Waals surface area contributed by atoms with Crippen LogP contribution < -0.4 is 0 Å². The number of H-pyrrole nitrogens is 1. The predicted molar refractivity (Wildman–Crippen MR) is 84.1 cm³/mol. The minimum absolute atomic E-state index is 0.777. The maximum atomic E-state index is 6.12. The van der Waals surface area contributed by atoms with E-state index < -0.39 is 0 Å². The van der Waals surface area contributed by atoms with Gasteiger partial charge < -0.3 is 4.98 Å². The van der Waals surface area contributed by atoms with E-state index in [0.717, 1.165) is 5.02 Å². The molecular weight excluding hydrogens is 274 g/mol. The van der Waals surface area contributed by atoms with Gasteiger partial charge in [-0.05, 0) is 46.5 Å². The number of benzene rings is 2. The van der Waals surface area contributed by atoms with Gasteiger partial charge in [0.15, 0.2) is 0 Å². The van der Waals surface area contributed by atoms with Crippen molar-refractivity contribution in [3.63, 3.8) is 0 Å². The van der Waals surface area contributed by atoms with Crippen LogP contribution in [0.2, 0.25) is 5.02 Å². The number of aromatic amines is 1. The molecular formula is C16H10ClNS. The van der Waals surface area contributed by atoms with Crippen LogP contribution in [0.4, 0.5) is 0 Å². The highest BCUT2D eigenvalue weighted by Crippen LogP contribution is 2.36. The van der Waals surface area contributed by atoms with Crippen LogP contribution in [-0.4, -0.2) is 4.98 Å². The summed E-state index contributed by atoms with van der Waals surface area (Å²) in [5.41, 5.74) is 2.43. The van der Waals surface area contributed by atoms with Crippen molar-refractivity contribution in [3.8, 4) is 10.4 Å². The van der Waals surface area contributed by atoms with Crippen molar-refractivity contribution in [3.05, 3.63) is 59.1 Å². The molecule has 0 radical (unpaired) electrons. The van der Waals surface area contributed by atoms with Crippen LogP contribution in [0.3, 0.4) is 0 Å². The average molecular weight is 284 g/mol. The van der Waals surface area contributed by atoms with E-state index in [4.69, 9.17) is 11.6 Å². The Balaban J connectivity index is 2.19. The molecule has 0 saturated carbocycles. The first kappa shape index (κ1) is 11.1. The van der Waals surface area contributed by atoms with Gasteiger partial charge in [0, 0.05) is 27.0 Å². The normalized spacial score (nSPS) is 11.4. The van der Waals surface area contributed by atoms with Crippen molar-refractivity contribution in [1.82, 2.24) is 4.98 Å². The zero-order chi connectivity index (χ0) is 12.8. The molecule has 19 heavy (non-hydrogen) atoms. The molecule has 0 aliphatic carbocycles. The molecule has 0 aliphatic rings. The minimum atomic E-state index is 0.777. The van der Waals surface area contributed by atoms with Gasteiger partial charge in [0.2, 0.25) is 0 Å². The fourth-order valence-corrected chi connectivity index (χ4v) is 3.48. The number of hydrogen-bond acceptors (Lipinski definition) is 1. The van der Waals surface area contributed by atoms with E-state index in [1.165, 1.54) is 32.1 Å². The van der Waals surface area contributed by atoms with E-state index in [0.29, 0.717) is 0 Å². The summed E-state index contributed by atoms with van der Waals surface area (Å²) in [6, 6.07) is 14.7. The van der Waals surface area contributed by atoms with Crippen LogP contribution >= 0.6 is 22.9 Å². The summed E-state index contributed by atoms with van der Waals surface area (Å²) in [6.45, 7) is 0. The number of hydrogen-bond donors (Lipinski definition) is 1. The Bertz CT molecular complexity index is 874. The van der Waals surface area contributed by atoms with Gasteiger partial charge in [-0.25, -0.2) is 0 Å². The second-order valence-corrected chi connectivity index (χ2v) is 5.92. The third-order valence-electron chi connectivity index (χ3n) is 3.41. The molecule has 0 atom stereocenters. The molecule has 0 aliphatic heterocycles. The zero-order valence-electron chi connectivity index (χ0n) is 9.98. The Hall–Kier alpha value is -1.77. The maximum absolute atomic E-state index is 6.12. The second kappa shape index (κ2) is 4.12. The molecule has 2 aromatic heterocycles. The fraction of sp³-hybridized carbons (Fsp3) is 0. The summed E-state index contributed by atoms with van der Waals surface area (Å²) < 4.78 is 0. The summed E-state index contributed by atoms with van der Waals surface area (Å²) in [5, 5.41) is 6.53. The number of halogens is 1. The van der Waals surface area contributed by atoms with Gasteiger partial charge in [0.1, 0.15) is 0 Å². The SMILES string of the molecule is Clc1ccc2cc(-c3cccs3)c3[nH]ccc3c2c1. The molecule has 0 amide bonds. The lowest BCUT2D eigenvalue weighted by Crippen LogP contribution is -1.81. The molecule has 92 valence electrons. The first-order chi connectivity index (χ1) is 9.33. The predicted octanol–water partition coefficient (Wildman–Crippen LogP) is 5.70. The highest BCUT2D eigenvalue weighted by molar-refractivity contribution is 7.13. The van der Waals surface area contributed by atoms with Crippen LogP contribution in [0.15, 0.2) is 54.0 Å². The number of aromatic nitrogens is 1. The first-order valence-corrected chi connectivity index (χ1v) is 7.32. The van der Waals surface area contributed by atoms with Gasteiger partial charge in [-0.3, -0.25) is 0 Å². The maximum Gasteiger partial charge on any atom is 0.0548 e. The molecule has 0 spiro atoms. The Morgan fingerprint density at radius 3 is 2.79 bits per heavy atom. The van der Waals surface area contributed by atoms with Gasteiger partial charge in [-0.15, -0.1) is 11.3 Å². The average Bonchev–Trinajstić information content (AvgIpc) is 3.09. The smallest absolute Gasteiger partial charge is 0.0548 e. The van der Waals surface area contributed by atoms with Crippen LogP contribution in [0.25, 0.3) is 32.1 Å². The van der Waals surface area contributed by atoms with Gasteiger partial charge in [-0.1, -0.05) is 23.7 Å². The highest BCUT2D eigenvalue weighted by atomic mass is 35.5. The van der Waals surface area contributed by atoms with Crippen LogP contribution in [-0.2, 0) is 0 Å². The molecule has 0 saturated heterocycles. The van der Waals surface area contributed by atoms with Crippen LogP contribution in [0, 0.1) is 0 Å². The number of nitrogens with one attached hydrogen (secondary N) is 1. The molecule has 1 nitrogen and oxygen atoms in total. The van der Waals surface area contributed by atoms with Crippen LogP contribution in [0.5, 0.6) is 0 Å². The van der Waals surface area contributed by atoms with Gasteiger partial charge in [-0.2, -0.15) is 0 Å². The third kappa shape index (κ3) is 1.68. The summed E-state index contributed by atoms with van der Waals surface area (Å²) in [6.07, 6.45) is 1.99. The number of rotatable bonds is 1. The van der Waals surface area contributed by atoms with Crippen molar-refractivity contribution in [2.75, 3.05) is 0 Å². The Morgan fingerprint density at radius 1 is 1.00 bits per heavy atom. The highest BCUT2D eigenvalue weighted by Gasteiger charge is 2.10. The molecule has 2 aromatic carbocycles. The van der Waals surface area contributed by atoms with E-state index in [2.05, 4.69) is 40.7 Å². The van der Waals surface area contributed by atoms with Crippen molar-refractivity contribution in [1.29, 1.82) is 0 Å². The first-order valence-electron chi connectivity index (χ1n) is 6.06. The van der Waals surface area contributed by atoms with Gasteiger partial charge in [0.05, 0.1) is 5.52 Å². The number of thiophene rings is 1. The molecule has 0 fully saturated rings. The van der Waals surface area contributed by atoms with Crippen molar-refractivity contribution >= 4 is 44.6 Å². The van der Waals surface area contributed by atoms with E-state index in [-0.39, 0.29) is 0 Å². The van der Waals surface area contributed by atoms with Gasteiger partial charge >= 0.3 is 0 Å². The Kier molecular flexibility index (Phi) is 2.40. The van der Waals surface area contributed by atoms with E-state index in [9.17, 15) is 0 Å². The van der Waals surface area contributed by atoms with Gasteiger partial charge in [0.25, 0.3) is 0 Å². The molecule has 1 N–H and O–H groups in total.